The van der Waals surface area contributed by atoms with Crippen molar-refractivity contribution < 1.29 is 4.74 Å². The summed E-state index contributed by atoms with van der Waals surface area (Å²) in [4.78, 5) is 2.76. The van der Waals surface area contributed by atoms with Gasteiger partial charge in [0, 0.05) is 18.6 Å². The number of morpholine rings is 1. The fourth-order valence-corrected chi connectivity index (χ4v) is 4.27. The van der Waals surface area contributed by atoms with Gasteiger partial charge in [0.25, 0.3) is 0 Å². The summed E-state index contributed by atoms with van der Waals surface area (Å²) in [7, 11) is 0. The van der Waals surface area contributed by atoms with E-state index in [2.05, 4.69) is 25.7 Å². The smallest absolute Gasteiger partial charge is 0.0674 e. The van der Waals surface area contributed by atoms with Gasteiger partial charge < -0.3 is 10.5 Å². The molecule has 1 aliphatic carbocycles. The monoisotopic (exact) mass is 282 g/mol. The van der Waals surface area contributed by atoms with Gasteiger partial charge in [0.05, 0.1) is 12.7 Å². The molecule has 1 saturated heterocycles. The Hall–Kier alpha value is -0.120. The minimum atomic E-state index is 0.378. The van der Waals surface area contributed by atoms with Crippen LogP contribution in [0.4, 0.5) is 0 Å². The molecule has 5 unspecified atom stereocenters. The second kappa shape index (κ2) is 7.77. The number of hydrogen-bond donors (Lipinski definition) is 1. The molecule has 0 radical (unpaired) electrons. The predicted molar refractivity (Wildman–Crippen MR) is 84.8 cm³/mol. The van der Waals surface area contributed by atoms with Crippen LogP contribution in [0.2, 0.25) is 0 Å². The van der Waals surface area contributed by atoms with Crippen LogP contribution < -0.4 is 5.73 Å². The van der Waals surface area contributed by atoms with Crippen LogP contribution in [0.1, 0.15) is 59.3 Å². The summed E-state index contributed by atoms with van der Waals surface area (Å²) in [5, 5.41) is 0. The molecule has 118 valence electrons. The summed E-state index contributed by atoms with van der Waals surface area (Å²) in [6.45, 7) is 9.67. The molecule has 3 heteroatoms. The van der Waals surface area contributed by atoms with Crippen molar-refractivity contribution in [3.05, 3.63) is 0 Å². The van der Waals surface area contributed by atoms with E-state index in [1.54, 1.807) is 0 Å². The summed E-state index contributed by atoms with van der Waals surface area (Å²) in [5.41, 5.74) is 6.08. The number of hydrogen-bond acceptors (Lipinski definition) is 3. The molecular weight excluding hydrogens is 248 g/mol. The van der Waals surface area contributed by atoms with Crippen molar-refractivity contribution in [2.24, 2.45) is 17.6 Å². The van der Waals surface area contributed by atoms with Crippen molar-refractivity contribution in [2.75, 3.05) is 19.7 Å². The van der Waals surface area contributed by atoms with Crippen LogP contribution in [0, 0.1) is 11.8 Å². The first-order valence-corrected chi connectivity index (χ1v) is 8.76. The Kier molecular flexibility index (Phi) is 6.31. The van der Waals surface area contributed by atoms with Crippen molar-refractivity contribution in [2.45, 2.75) is 77.5 Å². The van der Waals surface area contributed by atoms with E-state index in [9.17, 15) is 0 Å². The molecule has 20 heavy (non-hydrogen) atoms. The third-order valence-electron chi connectivity index (χ3n) is 5.47. The zero-order valence-corrected chi connectivity index (χ0v) is 13.7. The Morgan fingerprint density at radius 1 is 1.25 bits per heavy atom. The molecule has 2 aliphatic rings. The highest BCUT2D eigenvalue weighted by atomic mass is 16.5. The topological polar surface area (TPSA) is 38.5 Å². The van der Waals surface area contributed by atoms with E-state index in [0.29, 0.717) is 24.1 Å². The maximum absolute atomic E-state index is 6.08. The number of rotatable bonds is 5. The van der Waals surface area contributed by atoms with Gasteiger partial charge in [-0.05, 0) is 44.6 Å². The molecule has 0 aromatic rings. The molecule has 2 N–H and O–H groups in total. The highest BCUT2D eigenvalue weighted by Gasteiger charge is 2.38. The normalized spacial score (nSPS) is 39.9. The third-order valence-corrected chi connectivity index (χ3v) is 5.47. The van der Waals surface area contributed by atoms with Gasteiger partial charge in [0.2, 0.25) is 0 Å². The summed E-state index contributed by atoms with van der Waals surface area (Å²) >= 11 is 0. The highest BCUT2D eigenvalue weighted by Crippen LogP contribution is 2.36. The molecule has 5 atom stereocenters. The van der Waals surface area contributed by atoms with Gasteiger partial charge in [0.1, 0.15) is 0 Å². The van der Waals surface area contributed by atoms with Crippen LogP contribution in [0.5, 0.6) is 0 Å². The van der Waals surface area contributed by atoms with Crippen LogP contribution in [0.25, 0.3) is 0 Å². The quantitative estimate of drug-likeness (QED) is 0.842. The lowest BCUT2D eigenvalue weighted by atomic mass is 9.75. The Bertz CT molecular complexity index is 284. The van der Waals surface area contributed by atoms with E-state index >= 15 is 0 Å². The SMILES string of the molecule is CCCC1CCC(CN)C(N2CC(C)OCC2CC)C1. The minimum absolute atomic E-state index is 0.378. The van der Waals surface area contributed by atoms with Crippen molar-refractivity contribution in [1.29, 1.82) is 0 Å². The van der Waals surface area contributed by atoms with E-state index < -0.39 is 0 Å². The van der Waals surface area contributed by atoms with E-state index in [4.69, 9.17) is 10.5 Å². The first-order valence-electron chi connectivity index (χ1n) is 8.76. The standard InChI is InChI=1S/C17H34N2O/c1-4-6-14-7-8-15(10-18)17(9-14)19-11-13(3)20-12-16(19)5-2/h13-17H,4-12,18H2,1-3H3. The van der Waals surface area contributed by atoms with Gasteiger partial charge >= 0.3 is 0 Å². The summed E-state index contributed by atoms with van der Waals surface area (Å²) in [6.07, 6.45) is 8.36. The molecule has 0 amide bonds. The molecule has 1 heterocycles. The lowest BCUT2D eigenvalue weighted by Crippen LogP contribution is -2.57. The number of ether oxygens (including phenoxy) is 1. The molecule has 2 fully saturated rings. The summed E-state index contributed by atoms with van der Waals surface area (Å²) < 4.78 is 5.87. The molecule has 0 aromatic carbocycles. The van der Waals surface area contributed by atoms with Gasteiger partial charge in [-0.1, -0.05) is 33.1 Å². The molecular formula is C17H34N2O. The first kappa shape index (κ1) is 16.3. The maximum Gasteiger partial charge on any atom is 0.0674 e. The maximum atomic E-state index is 6.08. The molecule has 1 saturated carbocycles. The zero-order valence-electron chi connectivity index (χ0n) is 13.7. The first-order chi connectivity index (χ1) is 9.69. The van der Waals surface area contributed by atoms with Gasteiger partial charge in [-0.25, -0.2) is 0 Å². The highest BCUT2D eigenvalue weighted by molar-refractivity contribution is 4.92. The van der Waals surface area contributed by atoms with Crippen molar-refractivity contribution in [1.82, 2.24) is 4.90 Å². The van der Waals surface area contributed by atoms with Crippen molar-refractivity contribution in [3.63, 3.8) is 0 Å². The average Bonchev–Trinajstić information content (AvgIpc) is 2.47. The predicted octanol–water partition coefficient (Wildman–Crippen LogP) is 3.03. The van der Waals surface area contributed by atoms with Gasteiger partial charge in [-0.3, -0.25) is 4.90 Å². The lowest BCUT2D eigenvalue weighted by Gasteiger charge is -2.49. The third kappa shape index (κ3) is 3.75. The van der Waals surface area contributed by atoms with Crippen LogP contribution in [0.15, 0.2) is 0 Å². The fraction of sp³-hybridized carbons (Fsp3) is 1.00. The number of nitrogens with two attached hydrogens (primary N) is 1. The Balaban J connectivity index is 2.07. The zero-order chi connectivity index (χ0) is 14.5. The van der Waals surface area contributed by atoms with Crippen LogP contribution in [-0.2, 0) is 4.74 Å². The van der Waals surface area contributed by atoms with E-state index in [1.165, 1.54) is 38.5 Å². The molecule has 0 spiro atoms. The number of nitrogens with zero attached hydrogens (tertiary/aromatic N) is 1. The molecule has 0 aromatic heterocycles. The van der Waals surface area contributed by atoms with Gasteiger partial charge in [-0.15, -0.1) is 0 Å². The largest absolute Gasteiger partial charge is 0.376 e. The van der Waals surface area contributed by atoms with Crippen LogP contribution in [0.3, 0.4) is 0 Å². The molecule has 0 bridgehead atoms. The fourth-order valence-electron chi connectivity index (χ4n) is 4.27. The minimum Gasteiger partial charge on any atom is -0.376 e. The van der Waals surface area contributed by atoms with Gasteiger partial charge in [0.15, 0.2) is 0 Å². The van der Waals surface area contributed by atoms with Crippen LogP contribution >= 0.6 is 0 Å². The summed E-state index contributed by atoms with van der Waals surface area (Å²) in [6, 6.07) is 1.30. The van der Waals surface area contributed by atoms with Gasteiger partial charge in [-0.2, -0.15) is 0 Å². The Morgan fingerprint density at radius 2 is 2.05 bits per heavy atom. The molecule has 2 rings (SSSR count). The van der Waals surface area contributed by atoms with Crippen molar-refractivity contribution in [3.8, 4) is 0 Å². The lowest BCUT2D eigenvalue weighted by molar-refractivity contribution is -0.0905. The Morgan fingerprint density at radius 3 is 2.70 bits per heavy atom. The average molecular weight is 282 g/mol. The van der Waals surface area contributed by atoms with E-state index in [1.807, 2.05) is 0 Å². The summed E-state index contributed by atoms with van der Waals surface area (Å²) in [5.74, 6) is 1.62. The van der Waals surface area contributed by atoms with E-state index in [0.717, 1.165) is 25.6 Å². The van der Waals surface area contributed by atoms with Crippen LogP contribution in [-0.4, -0.2) is 42.8 Å². The second-order valence-electron chi connectivity index (χ2n) is 6.93. The van der Waals surface area contributed by atoms with Crippen molar-refractivity contribution >= 4 is 0 Å². The Labute approximate surface area is 125 Å². The van der Waals surface area contributed by atoms with E-state index in [-0.39, 0.29) is 0 Å². The molecule has 1 aliphatic heterocycles. The molecule has 3 nitrogen and oxygen atoms in total. The second-order valence-corrected chi connectivity index (χ2v) is 6.93.